The molecule has 19 heavy (non-hydrogen) atoms. The van der Waals surface area contributed by atoms with E-state index in [1.807, 2.05) is 55.5 Å². The molecule has 1 N–H and O–H groups in total. The van der Waals surface area contributed by atoms with E-state index in [-0.39, 0.29) is 6.10 Å². The minimum Gasteiger partial charge on any atom is -0.490 e. The molecule has 3 heteroatoms. The third-order valence-electron chi connectivity index (χ3n) is 3.32. The Labute approximate surface area is 112 Å². The lowest BCUT2D eigenvalue weighted by Gasteiger charge is -2.15. The van der Waals surface area contributed by atoms with Crippen LogP contribution >= 0.6 is 0 Å². The molecule has 0 fully saturated rings. The Morgan fingerprint density at radius 2 is 2.00 bits per heavy atom. The zero-order chi connectivity index (χ0) is 13.2. The zero-order valence-corrected chi connectivity index (χ0v) is 10.7. The molecular weight excluding hydrogens is 240 g/mol. The maximum Gasteiger partial charge on any atom is 0.129 e. The molecule has 0 radical (unpaired) electrons. The first-order valence-corrected chi connectivity index (χ1v) is 6.40. The van der Waals surface area contributed by atoms with Gasteiger partial charge in [-0.3, -0.25) is 0 Å². The SMILES string of the molecule is CC(Oc1ccc2c(c1)OCC2O)c1ccccc1. The topological polar surface area (TPSA) is 38.7 Å². The molecule has 0 saturated carbocycles. The van der Waals surface area contributed by atoms with Crippen molar-refractivity contribution in [3.8, 4) is 11.5 Å². The highest BCUT2D eigenvalue weighted by atomic mass is 16.5. The van der Waals surface area contributed by atoms with Crippen LogP contribution < -0.4 is 9.47 Å². The molecule has 2 unspecified atom stereocenters. The van der Waals surface area contributed by atoms with E-state index in [1.54, 1.807) is 0 Å². The van der Waals surface area contributed by atoms with Crippen molar-refractivity contribution in [2.24, 2.45) is 0 Å². The summed E-state index contributed by atoms with van der Waals surface area (Å²) in [6, 6.07) is 15.6. The molecule has 0 aliphatic carbocycles. The fourth-order valence-corrected chi connectivity index (χ4v) is 2.24. The standard InChI is InChI=1S/C16H16O3/c1-11(12-5-3-2-4-6-12)19-13-7-8-14-15(17)10-18-16(14)9-13/h2-9,11,15,17H,10H2,1H3. The molecule has 2 aromatic rings. The van der Waals surface area contributed by atoms with E-state index in [0.29, 0.717) is 12.4 Å². The lowest BCUT2D eigenvalue weighted by Crippen LogP contribution is -2.02. The van der Waals surface area contributed by atoms with E-state index in [4.69, 9.17) is 9.47 Å². The van der Waals surface area contributed by atoms with Gasteiger partial charge in [0.05, 0.1) is 0 Å². The van der Waals surface area contributed by atoms with Crippen LogP contribution in [0.4, 0.5) is 0 Å². The van der Waals surface area contributed by atoms with Crippen LogP contribution in [0.5, 0.6) is 11.5 Å². The summed E-state index contributed by atoms with van der Waals surface area (Å²) < 4.78 is 11.3. The lowest BCUT2D eigenvalue weighted by molar-refractivity contribution is 0.140. The maximum atomic E-state index is 9.67. The van der Waals surface area contributed by atoms with Gasteiger partial charge in [0.15, 0.2) is 0 Å². The Balaban J connectivity index is 1.77. The van der Waals surface area contributed by atoms with E-state index >= 15 is 0 Å². The summed E-state index contributed by atoms with van der Waals surface area (Å²) in [6.07, 6.45) is -0.541. The first-order valence-electron chi connectivity index (χ1n) is 6.40. The van der Waals surface area contributed by atoms with Crippen molar-refractivity contribution in [2.75, 3.05) is 6.61 Å². The Kier molecular flexibility index (Phi) is 3.13. The average molecular weight is 256 g/mol. The maximum absolute atomic E-state index is 9.67. The van der Waals surface area contributed by atoms with Crippen molar-refractivity contribution in [2.45, 2.75) is 19.1 Å². The molecule has 0 aromatic heterocycles. The Bertz CT molecular complexity index is 565. The second-order valence-corrected chi connectivity index (χ2v) is 4.70. The van der Waals surface area contributed by atoms with Crippen molar-refractivity contribution < 1.29 is 14.6 Å². The average Bonchev–Trinajstić information content (AvgIpc) is 2.81. The predicted octanol–water partition coefficient (Wildman–Crippen LogP) is 3.25. The minimum atomic E-state index is -0.518. The molecule has 3 nitrogen and oxygen atoms in total. The van der Waals surface area contributed by atoms with Crippen molar-refractivity contribution in [1.82, 2.24) is 0 Å². The summed E-state index contributed by atoms with van der Waals surface area (Å²) in [5.74, 6) is 1.47. The summed E-state index contributed by atoms with van der Waals surface area (Å²) in [4.78, 5) is 0. The zero-order valence-electron chi connectivity index (χ0n) is 10.7. The van der Waals surface area contributed by atoms with Gasteiger partial charge < -0.3 is 14.6 Å². The van der Waals surface area contributed by atoms with Crippen LogP contribution in [0.1, 0.15) is 30.3 Å². The highest BCUT2D eigenvalue weighted by Crippen LogP contribution is 2.36. The fraction of sp³-hybridized carbons (Fsp3) is 0.250. The molecular formula is C16H16O3. The third-order valence-corrected chi connectivity index (χ3v) is 3.32. The number of hydrogen-bond donors (Lipinski definition) is 1. The van der Waals surface area contributed by atoms with Gasteiger partial charge in [0, 0.05) is 11.6 Å². The monoisotopic (exact) mass is 256 g/mol. The lowest BCUT2D eigenvalue weighted by atomic mass is 10.1. The molecule has 2 aromatic carbocycles. The highest BCUT2D eigenvalue weighted by molar-refractivity contribution is 5.44. The summed E-state index contributed by atoms with van der Waals surface area (Å²) >= 11 is 0. The van der Waals surface area contributed by atoms with Gasteiger partial charge in [-0.1, -0.05) is 30.3 Å². The second kappa shape index (κ2) is 4.94. The van der Waals surface area contributed by atoms with Gasteiger partial charge in [0.2, 0.25) is 0 Å². The van der Waals surface area contributed by atoms with Crippen LogP contribution in [-0.2, 0) is 0 Å². The van der Waals surface area contributed by atoms with Gasteiger partial charge in [-0.25, -0.2) is 0 Å². The molecule has 3 rings (SSSR count). The fourth-order valence-electron chi connectivity index (χ4n) is 2.24. The first kappa shape index (κ1) is 12.1. The molecule has 98 valence electrons. The van der Waals surface area contributed by atoms with Crippen molar-refractivity contribution >= 4 is 0 Å². The van der Waals surface area contributed by atoms with Crippen LogP contribution in [-0.4, -0.2) is 11.7 Å². The number of fused-ring (bicyclic) bond motifs is 1. The number of hydrogen-bond acceptors (Lipinski definition) is 3. The van der Waals surface area contributed by atoms with E-state index in [9.17, 15) is 5.11 Å². The summed E-state index contributed by atoms with van der Waals surface area (Å²) in [5.41, 5.74) is 1.96. The Morgan fingerprint density at radius 1 is 1.21 bits per heavy atom. The van der Waals surface area contributed by atoms with E-state index < -0.39 is 6.10 Å². The van der Waals surface area contributed by atoms with Crippen molar-refractivity contribution in [1.29, 1.82) is 0 Å². The van der Waals surface area contributed by atoms with Crippen LogP contribution in [0.25, 0.3) is 0 Å². The van der Waals surface area contributed by atoms with Crippen molar-refractivity contribution in [3.63, 3.8) is 0 Å². The van der Waals surface area contributed by atoms with Crippen LogP contribution in [0, 0.1) is 0 Å². The second-order valence-electron chi connectivity index (χ2n) is 4.70. The van der Waals surface area contributed by atoms with Gasteiger partial charge in [-0.2, -0.15) is 0 Å². The molecule has 0 spiro atoms. The van der Waals surface area contributed by atoms with E-state index in [0.717, 1.165) is 16.9 Å². The number of aliphatic hydroxyl groups is 1. The number of aliphatic hydroxyl groups excluding tert-OH is 1. The Hall–Kier alpha value is -2.00. The molecule has 2 atom stereocenters. The molecule has 0 saturated heterocycles. The van der Waals surface area contributed by atoms with Crippen molar-refractivity contribution in [3.05, 3.63) is 59.7 Å². The van der Waals surface area contributed by atoms with E-state index in [2.05, 4.69) is 0 Å². The summed E-state index contributed by atoms with van der Waals surface area (Å²) in [6.45, 7) is 2.34. The quantitative estimate of drug-likeness (QED) is 0.916. The molecule has 1 heterocycles. The minimum absolute atomic E-state index is 0.0226. The van der Waals surface area contributed by atoms with Gasteiger partial charge in [0.1, 0.15) is 30.3 Å². The largest absolute Gasteiger partial charge is 0.490 e. The number of rotatable bonds is 3. The van der Waals surface area contributed by atoms with Gasteiger partial charge in [-0.15, -0.1) is 0 Å². The molecule has 0 amide bonds. The first-order chi connectivity index (χ1) is 9.24. The van der Waals surface area contributed by atoms with Crippen LogP contribution in [0.15, 0.2) is 48.5 Å². The Morgan fingerprint density at radius 3 is 2.79 bits per heavy atom. The highest BCUT2D eigenvalue weighted by Gasteiger charge is 2.22. The van der Waals surface area contributed by atoms with Crippen LogP contribution in [0.3, 0.4) is 0 Å². The smallest absolute Gasteiger partial charge is 0.129 e. The third kappa shape index (κ3) is 2.42. The molecule has 1 aliphatic rings. The molecule has 0 bridgehead atoms. The normalized spacial score (nSPS) is 18.5. The van der Waals surface area contributed by atoms with Gasteiger partial charge >= 0.3 is 0 Å². The van der Waals surface area contributed by atoms with Crippen LogP contribution in [0.2, 0.25) is 0 Å². The van der Waals surface area contributed by atoms with Gasteiger partial charge in [-0.05, 0) is 24.6 Å². The predicted molar refractivity (Wildman–Crippen MR) is 72.4 cm³/mol. The number of benzene rings is 2. The van der Waals surface area contributed by atoms with E-state index in [1.165, 1.54) is 0 Å². The summed E-state index contributed by atoms with van der Waals surface area (Å²) in [7, 11) is 0. The molecule has 1 aliphatic heterocycles. The summed E-state index contributed by atoms with van der Waals surface area (Å²) in [5, 5.41) is 9.67. The van der Waals surface area contributed by atoms with Gasteiger partial charge in [0.25, 0.3) is 0 Å². The number of ether oxygens (including phenoxy) is 2.